The van der Waals surface area contributed by atoms with E-state index in [1.54, 1.807) is 26.2 Å². The molecule has 1 amide bonds. The molecule has 0 spiro atoms. The van der Waals surface area contributed by atoms with Crippen molar-refractivity contribution < 1.29 is 42.3 Å². The third-order valence-electron chi connectivity index (χ3n) is 4.25. The first-order chi connectivity index (χ1) is 10.4. The summed E-state index contributed by atoms with van der Waals surface area (Å²) in [5.74, 6) is 1.66. The van der Waals surface area contributed by atoms with E-state index in [1.165, 1.54) is 5.92 Å². The molecule has 4 heteroatoms. The van der Waals surface area contributed by atoms with Gasteiger partial charge in [0, 0.05) is 49.4 Å². The molecular formula is C20H33NO2Y-2. The van der Waals surface area contributed by atoms with E-state index in [2.05, 4.69) is 39.5 Å². The van der Waals surface area contributed by atoms with Crippen LogP contribution in [0.2, 0.25) is 0 Å². The summed E-state index contributed by atoms with van der Waals surface area (Å²) in [5, 5.41) is 0. The number of hydrogen-bond acceptors (Lipinski definition) is 2. The zero-order chi connectivity index (χ0) is 18.4. The van der Waals surface area contributed by atoms with Crippen LogP contribution < -0.4 is 0 Å². The third kappa shape index (κ3) is 7.31. The zero-order valence-electron chi connectivity index (χ0n) is 16.9. The fourth-order valence-corrected chi connectivity index (χ4v) is 3.43. The Morgan fingerprint density at radius 1 is 1.04 bits per heavy atom. The van der Waals surface area contributed by atoms with Gasteiger partial charge in [-0.15, -0.1) is 6.92 Å². The van der Waals surface area contributed by atoms with Gasteiger partial charge in [0.15, 0.2) is 0 Å². The van der Waals surface area contributed by atoms with E-state index in [4.69, 9.17) is 0 Å². The summed E-state index contributed by atoms with van der Waals surface area (Å²) in [7, 11) is 0. The van der Waals surface area contributed by atoms with E-state index in [1.807, 2.05) is 19.9 Å². The number of carbonyl (C=O) groups excluding carboxylic acids is 2. The minimum Gasteiger partial charge on any atom is -0.419 e. The zero-order valence-corrected chi connectivity index (χ0v) is 19.7. The molecule has 0 aromatic carbocycles. The average molecular weight is 408 g/mol. The standard InChI is InChI=1S/C15H26NO.C5H7O.Y/c1-8-12(3)13(17)16-14(4,5)9-11(2)10-15(16,6)7;1-3-5(2)4-6;/h8H,9-10H2,1-7H3;3H,1-2H3;/q2*-1;/b12-8+;5-3+;. The molecule has 0 atom stereocenters. The van der Waals surface area contributed by atoms with Gasteiger partial charge in [0.2, 0.25) is 5.91 Å². The van der Waals surface area contributed by atoms with Gasteiger partial charge in [0.1, 0.15) is 0 Å². The topological polar surface area (TPSA) is 37.4 Å². The number of carbonyl (C=O) groups is 1. The molecule has 1 aliphatic heterocycles. The van der Waals surface area contributed by atoms with Gasteiger partial charge < -0.3 is 15.6 Å². The van der Waals surface area contributed by atoms with Crippen LogP contribution >= 0.6 is 0 Å². The maximum absolute atomic E-state index is 12.5. The van der Waals surface area contributed by atoms with Gasteiger partial charge in [-0.25, -0.2) is 6.08 Å². The van der Waals surface area contributed by atoms with Crippen molar-refractivity contribution in [3.05, 3.63) is 29.2 Å². The summed E-state index contributed by atoms with van der Waals surface area (Å²) >= 11 is 0. The van der Waals surface area contributed by atoms with Crippen LogP contribution in [0.3, 0.4) is 0 Å². The molecule has 0 aromatic heterocycles. The maximum atomic E-state index is 12.5. The average Bonchev–Trinajstić information content (AvgIpc) is 2.42. The molecule has 1 aliphatic rings. The first-order valence-electron chi connectivity index (χ1n) is 8.23. The molecule has 1 rings (SSSR count). The van der Waals surface area contributed by atoms with Gasteiger partial charge in [0.25, 0.3) is 0 Å². The molecule has 1 fully saturated rings. The van der Waals surface area contributed by atoms with E-state index in [0.29, 0.717) is 5.57 Å². The summed E-state index contributed by atoms with van der Waals surface area (Å²) in [6.07, 6.45) is 7.34. The van der Waals surface area contributed by atoms with Gasteiger partial charge in [-0.1, -0.05) is 13.0 Å². The summed E-state index contributed by atoms with van der Waals surface area (Å²) in [5.41, 5.74) is 1.32. The van der Waals surface area contributed by atoms with Gasteiger partial charge >= 0.3 is 0 Å². The van der Waals surface area contributed by atoms with Crippen LogP contribution in [0.25, 0.3) is 0 Å². The van der Waals surface area contributed by atoms with E-state index < -0.39 is 0 Å². The van der Waals surface area contributed by atoms with Crippen molar-refractivity contribution in [3.8, 4) is 0 Å². The molecule has 0 unspecified atom stereocenters. The Morgan fingerprint density at radius 2 is 1.46 bits per heavy atom. The molecule has 1 radical (unpaired) electrons. The van der Waals surface area contributed by atoms with E-state index in [-0.39, 0.29) is 49.7 Å². The van der Waals surface area contributed by atoms with Crippen LogP contribution in [-0.2, 0) is 42.3 Å². The number of hydrogen-bond donors (Lipinski definition) is 0. The van der Waals surface area contributed by atoms with Crippen molar-refractivity contribution in [1.29, 1.82) is 0 Å². The third-order valence-corrected chi connectivity index (χ3v) is 4.25. The minimum atomic E-state index is -0.0901. The van der Waals surface area contributed by atoms with Gasteiger partial charge in [-0.3, -0.25) is 4.79 Å². The van der Waals surface area contributed by atoms with Gasteiger partial charge in [-0.05, 0) is 47.8 Å². The summed E-state index contributed by atoms with van der Waals surface area (Å²) in [6, 6.07) is 0. The van der Waals surface area contributed by atoms with Gasteiger partial charge in [-0.2, -0.15) is 25.3 Å². The summed E-state index contributed by atoms with van der Waals surface area (Å²) < 4.78 is 0. The molecule has 0 aromatic rings. The smallest absolute Gasteiger partial charge is 0.249 e. The second-order valence-corrected chi connectivity index (χ2v) is 7.62. The van der Waals surface area contributed by atoms with Crippen molar-refractivity contribution in [2.75, 3.05) is 0 Å². The second-order valence-electron chi connectivity index (χ2n) is 7.62. The molecular weight excluding hydrogens is 375 g/mol. The van der Waals surface area contributed by atoms with Crippen LogP contribution in [0.4, 0.5) is 0 Å². The fraction of sp³-hybridized carbons (Fsp3) is 0.650. The predicted molar refractivity (Wildman–Crippen MR) is 97.7 cm³/mol. The second kappa shape index (κ2) is 10.7. The maximum Gasteiger partial charge on any atom is 0.249 e. The monoisotopic (exact) mass is 408 g/mol. The summed E-state index contributed by atoms with van der Waals surface area (Å²) in [4.78, 5) is 24.1. The van der Waals surface area contributed by atoms with Crippen molar-refractivity contribution in [1.82, 2.24) is 4.90 Å². The van der Waals surface area contributed by atoms with Crippen LogP contribution in [0.1, 0.15) is 75.2 Å². The Bertz CT molecular complexity index is 472. The normalized spacial score (nSPS) is 20.5. The molecule has 3 nitrogen and oxygen atoms in total. The van der Waals surface area contributed by atoms with Crippen LogP contribution in [-0.4, -0.2) is 28.2 Å². The van der Waals surface area contributed by atoms with Crippen LogP contribution in [0.5, 0.6) is 0 Å². The predicted octanol–water partition coefficient (Wildman–Crippen LogP) is 4.79. The van der Waals surface area contributed by atoms with Crippen LogP contribution in [0.15, 0.2) is 23.3 Å². The van der Waals surface area contributed by atoms with Crippen LogP contribution in [0, 0.1) is 5.92 Å². The molecule has 0 bridgehead atoms. The van der Waals surface area contributed by atoms with Crippen molar-refractivity contribution in [3.63, 3.8) is 0 Å². The quantitative estimate of drug-likeness (QED) is 0.487. The number of allylic oxidation sites excluding steroid dienone is 3. The number of amides is 1. The molecule has 0 saturated carbocycles. The van der Waals surface area contributed by atoms with Gasteiger partial charge in [0.05, 0.1) is 0 Å². The molecule has 135 valence electrons. The van der Waals surface area contributed by atoms with Crippen molar-refractivity contribution >= 4 is 12.2 Å². The fourth-order valence-electron chi connectivity index (χ4n) is 3.43. The first kappa shape index (κ1) is 26.0. The Kier molecular flexibility index (Phi) is 11.5. The Balaban J connectivity index is 0. The molecule has 24 heavy (non-hydrogen) atoms. The van der Waals surface area contributed by atoms with Crippen molar-refractivity contribution in [2.45, 2.75) is 86.2 Å². The van der Waals surface area contributed by atoms with E-state index in [0.717, 1.165) is 18.4 Å². The molecule has 0 N–H and O–H groups in total. The number of nitrogens with zero attached hydrogens (tertiary/aromatic N) is 1. The Labute approximate surface area is 174 Å². The molecule has 1 saturated heterocycles. The largest absolute Gasteiger partial charge is 0.419 e. The Morgan fingerprint density at radius 3 is 1.71 bits per heavy atom. The molecule has 0 aliphatic carbocycles. The number of rotatable bonds is 2. The summed E-state index contributed by atoms with van der Waals surface area (Å²) in [6.45, 7) is 18.2. The van der Waals surface area contributed by atoms with Crippen molar-refractivity contribution in [2.24, 2.45) is 0 Å². The number of likely N-dealkylation sites (tertiary alicyclic amines) is 1. The first-order valence-corrected chi connectivity index (χ1v) is 8.23. The SMILES string of the molecule is C/C=C(\C)C(=O)N1C(C)(C)C[C-](C)CC1(C)C.C/C=C(\C)[C-]=O.[Y]. The minimum absolute atomic E-state index is 0. The Hall–Kier alpha value is -0.276. The number of piperidine rings is 1. The van der Waals surface area contributed by atoms with E-state index >= 15 is 0 Å². The van der Waals surface area contributed by atoms with E-state index in [9.17, 15) is 9.59 Å². The molecule has 1 heterocycles.